The van der Waals surface area contributed by atoms with Gasteiger partial charge in [0.1, 0.15) is 11.9 Å². The first-order chi connectivity index (χ1) is 7.58. The van der Waals surface area contributed by atoms with E-state index in [1.54, 1.807) is 6.07 Å². The number of nitriles is 1. The second kappa shape index (κ2) is 5.36. The normalized spacial score (nSPS) is 10.2. The number of aromatic nitrogens is 1. The highest BCUT2D eigenvalue weighted by atomic mass is 15.2. The lowest BCUT2D eigenvalue weighted by atomic mass is 10.2. The van der Waals surface area contributed by atoms with Crippen molar-refractivity contribution in [2.24, 2.45) is 5.92 Å². The van der Waals surface area contributed by atoms with Gasteiger partial charge in [-0.15, -0.1) is 0 Å². The van der Waals surface area contributed by atoms with Crippen LogP contribution in [-0.4, -0.2) is 18.1 Å². The van der Waals surface area contributed by atoms with E-state index in [-0.39, 0.29) is 0 Å². The molecular formula is C12H18N4. The summed E-state index contributed by atoms with van der Waals surface area (Å²) < 4.78 is 0. The molecule has 0 amide bonds. The number of nitrogens with zero attached hydrogens (tertiary/aromatic N) is 3. The Morgan fingerprint density at radius 2 is 2.19 bits per heavy atom. The highest BCUT2D eigenvalue weighted by molar-refractivity contribution is 5.55. The number of rotatable bonds is 4. The molecule has 0 aliphatic carbocycles. The third-order valence-corrected chi connectivity index (χ3v) is 2.31. The molecule has 0 bridgehead atoms. The SMILES string of the molecule is CCN(CC(C)C)c1ccc(N)c(C#N)n1. The van der Waals surface area contributed by atoms with Gasteiger partial charge in [-0.2, -0.15) is 5.26 Å². The summed E-state index contributed by atoms with van der Waals surface area (Å²) in [5, 5.41) is 8.87. The van der Waals surface area contributed by atoms with Gasteiger partial charge in [0.25, 0.3) is 0 Å². The quantitative estimate of drug-likeness (QED) is 0.839. The van der Waals surface area contributed by atoms with E-state index in [0.717, 1.165) is 18.9 Å². The molecule has 1 aromatic heterocycles. The summed E-state index contributed by atoms with van der Waals surface area (Å²) in [6.45, 7) is 8.20. The summed E-state index contributed by atoms with van der Waals surface area (Å²) >= 11 is 0. The van der Waals surface area contributed by atoms with Gasteiger partial charge in [0.2, 0.25) is 0 Å². The lowest BCUT2D eigenvalue weighted by Gasteiger charge is -2.24. The summed E-state index contributed by atoms with van der Waals surface area (Å²) in [6, 6.07) is 5.61. The van der Waals surface area contributed by atoms with Gasteiger partial charge < -0.3 is 10.6 Å². The summed E-state index contributed by atoms with van der Waals surface area (Å²) in [4.78, 5) is 6.40. The van der Waals surface area contributed by atoms with Crippen molar-refractivity contribution in [2.75, 3.05) is 23.7 Å². The maximum Gasteiger partial charge on any atom is 0.165 e. The van der Waals surface area contributed by atoms with Gasteiger partial charge >= 0.3 is 0 Å². The smallest absolute Gasteiger partial charge is 0.165 e. The van der Waals surface area contributed by atoms with Crippen LogP contribution in [0.5, 0.6) is 0 Å². The van der Waals surface area contributed by atoms with Crippen molar-refractivity contribution in [2.45, 2.75) is 20.8 Å². The molecule has 0 unspecified atom stereocenters. The molecule has 0 aliphatic heterocycles. The minimum atomic E-state index is 0.305. The lowest BCUT2D eigenvalue weighted by Crippen LogP contribution is -2.28. The maximum absolute atomic E-state index is 8.87. The molecule has 2 N–H and O–H groups in total. The van der Waals surface area contributed by atoms with Gasteiger partial charge in [0.15, 0.2) is 5.69 Å². The van der Waals surface area contributed by atoms with E-state index < -0.39 is 0 Å². The van der Waals surface area contributed by atoms with Gasteiger partial charge in [0.05, 0.1) is 5.69 Å². The molecule has 86 valence electrons. The Balaban J connectivity index is 2.98. The third-order valence-electron chi connectivity index (χ3n) is 2.31. The Morgan fingerprint density at radius 3 is 2.69 bits per heavy atom. The molecule has 0 saturated carbocycles. The molecule has 0 fully saturated rings. The highest BCUT2D eigenvalue weighted by Gasteiger charge is 2.09. The number of nitrogens with two attached hydrogens (primary N) is 1. The molecule has 0 saturated heterocycles. The molecule has 4 heteroatoms. The second-order valence-electron chi connectivity index (χ2n) is 4.15. The van der Waals surface area contributed by atoms with Crippen LogP contribution in [0.2, 0.25) is 0 Å². The standard InChI is InChI=1S/C12H18N4/c1-4-16(8-9(2)3)12-6-5-10(14)11(7-13)15-12/h5-6,9H,4,8,14H2,1-3H3. The van der Waals surface area contributed by atoms with Gasteiger partial charge in [-0.25, -0.2) is 4.98 Å². The average Bonchev–Trinajstić information content (AvgIpc) is 2.26. The molecular weight excluding hydrogens is 200 g/mol. The Bertz CT molecular complexity index is 392. The molecule has 1 aromatic rings. The molecule has 4 nitrogen and oxygen atoms in total. The number of nitrogen functional groups attached to an aromatic ring is 1. The van der Waals surface area contributed by atoms with Crippen LogP contribution in [0.1, 0.15) is 26.5 Å². The molecule has 0 atom stereocenters. The molecule has 1 heterocycles. The molecule has 0 spiro atoms. The van der Waals surface area contributed by atoms with E-state index in [1.807, 2.05) is 12.1 Å². The van der Waals surface area contributed by atoms with E-state index in [2.05, 4.69) is 30.7 Å². The molecule has 16 heavy (non-hydrogen) atoms. The van der Waals surface area contributed by atoms with Crippen molar-refractivity contribution in [1.82, 2.24) is 4.98 Å². The Hall–Kier alpha value is -1.76. The fraction of sp³-hybridized carbons (Fsp3) is 0.500. The van der Waals surface area contributed by atoms with E-state index >= 15 is 0 Å². The largest absolute Gasteiger partial charge is 0.396 e. The van der Waals surface area contributed by atoms with Crippen molar-refractivity contribution in [1.29, 1.82) is 5.26 Å². The summed E-state index contributed by atoms with van der Waals surface area (Å²) in [6.07, 6.45) is 0. The van der Waals surface area contributed by atoms with Crippen molar-refractivity contribution < 1.29 is 0 Å². The lowest BCUT2D eigenvalue weighted by molar-refractivity contribution is 0.614. The predicted molar refractivity (Wildman–Crippen MR) is 66.1 cm³/mol. The number of hydrogen-bond donors (Lipinski definition) is 1. The number of anilines is 2. The Morgan fingerprint density at radius 1 is 1.50 bits per heavy atom. The minimum absolute atomic E-state index is 0.305. The summed E-state index contributed by atoms with van der Waals surface area (Å²) in [5.74, 6) is 1.38. The topological polar surface area (TPSA) is 65.9 Å². The van der Waals surface area contributed by atoms with Crippen LogP contribution in [0, 0.1) is 17.2 Å². The zero-order valence-corrected chi connectivity index (χ0v) is 10.1. The van der Waals surface area contributed by atoms with E-state index in [0.29, 0.717) is 17.3 Å². The van der Waals surface area contributed by atoms with Crippen LogP contribution in [0.25, 0.3) is 0 Å². The number of pyridine rings is 1. The third kappa shape index (κ3) is 2.86. The molecule has 0 radical (unpaired) electrons. The van der Waals surface area contributed by atoms with Crippen LogP contribution >= 0.6 is 0 Å². The van der Waals surface area contributed by atoms with Crippen LogP contribution in [0.4, 0.5) is 11.5 Å². The van der Waals surface area contributed by atoms with Crippen LogP contribution < -0.4 is 10.6 Å². The van der Waals surface area contributed by atoms with Crippen LogP contribution in [-0.2, 0) is 0 Å². The first-order valence-electron chi connectivity index (χ1n) is 5.50. The van der Waals surface area contributed by atoms with Gasteiger partial charge in [-0.3, -0.25) is 0 Å². The van der Waals surface area contributed by atoms with Crippen molar-refractivity contribution in [3.63, 3.8) is 0 Å². The fourth-order valence-corrected chi connectivity index (χ4v) is 1.55. The van der Waals surface area contributed by atoms with Crippen LogP contribution in [0.15, 0.2) is 12.1 Å². The first kappa shape index (κ1) is 12.3. The first-order valence-corrected chi connectivity index (χ1v) is 5.50. The van der Waals surface area contributed by atoms with Crippen molar-refractivity contribution in [3.05, 3.63) is 17.8 Å². The Labute approximate surface area is 96.7 Å². The van der Waals surface area contributed by atoms with Gasteiger partial charge in [-0.05, 0) is 25.0 Å². The van der Waals surface area contributed by atoms with Gasteiger partial charge in [-0.1, -0.05) is 13.8 Å². The Kier molecular flexibility index (Phi) is 4.12. The van der Waals surface area contributed by atoms with E-state index in [1.165, 1.54) is 0 Å². The zero-order valence-electron chi connectivity index (χ0n) is 10.1. The van der Waals surface area contributed by atoms with Crippen LogP contribution in [0.3, 0.4) is 0 Å². The molecule has 1 rings (SSSR count). The maximum atomic E-state index is 8.87. The summed E-state index contributed by atoms with van der Waals surface area (Å²) in [7, 11) is 0. The van der Waals surface area contributed by atoms with Gasteiger partial charge in [0, 0.05) is 13.1 Å². The highest BCUT2D eigenvalue weighted by Crippen LogP contribution is 2.17. The minimum Gasteiger partial charge on any atom is -0.396 e. The van der Waals surface area contributed by atoms with Crippen molar-refractivity contribution >= 4 is 11.5 Å². The van der Waals surface area contributed by atoms with E-state index in [9.17, 15) is 0 Å². The zero-order chi connectivity index (χ0) is 12.1. The predicted octanol–water partition coefficient (Wildman–Crippen LogP) is 2.02. The van der Waals surface area contributed by atoms with Crippen molar-refractivity contribution in [3.8, 4) is 6.07 Å². The number of hydrogen-bond acceptors (Lipinski definition) is 4. The molecule has 0 aliphatic rings. The summed E-state index contributed by atoms with van der Waals surface area (Å²) in [5.41, 5.74) is 6.38. The average molecular weight is 218 g/mol. The monoisotopic (exact) mass is 218 g/mol. The fourth-order valence-electron chi connectivity index (χ4n) is 1.55. The molecule has 0 aromatic carbocycles. The van der Waals surface area contributed by atoms with E-state index in [4.69, 9.17) is 11.0 Å². The second-order valence-corrected chi connectivity index (χ2v) is 4.15.